The second kappa shape index (κ2) is 9.10. The normalized spacial score (nSPS) is 17.7. The number of methoxy groups -OCH3 is 1. The molecule has 0 spiro atoms. The van der Waals surface area contributed by atoms with Crippen LogP contribution in [-0.2, 0) is 0 Å². The quantitative estimate of drug-likeness (QED) is 0.460. The Kier molecular flexibility index (Phi) is 6.32. The van der Waals surface area contributed by atoms with Crippen molar-refractivity contribution in [2.75, 3.05) is 24.8 Å². The number of rotatable bonds is 7. The van der Waals surface area contributed by atoms with Crippen molar-refractivity contribution >= 4 is 23.4 Å². The highest BCUT2D eigenvalue weighted by Crippen LogP contribution is 2.38. The summed E-state index contributed by atoms with van der Waals surface area (Å²) in [4.78, 5) is 23.4. The highest BCUT2D eigenvalue weighted by Gasteiger charge is 2.43. The summed E-state index contributed by atoms with van der Waals surface area (Å²) in [7, 11) is 3.72. The van der Waals surface area contributed by atoms with Crippen molar-refractivity contribution < 1.29 is 9.53 Å². The molecule has 1 aliphatic heterocycles. The fourth-order valence-electron chi connectivity index (χ4n) is 4.71. The fraction of sp³-hybridized carbons (Fsp3) is 0.478. The zero-order valence-electron chi connectivity index (χ0n) is 20.9. The number of benzene rings is 1. The number of tetrazole rings is 1. The molecule has 12 nitrogen and oxygen atoms in total. The lowest BCUT2D eigenvalue weighted by atomic mass is 9.77. The number of ether oxygens (including phenoxy) is 1. The molecule has 12 heteroatoms. The Morgan fingerprint density at radius 2 is 1.89 bits per heavy atom. The van der Waals surface area contributed by atoms with E-state index in [9.17, 15) is 4.79 Å². The van der Waals surface area contributed by atoms with Gasteiger partial charge in [-0.3, -0.25) is 9.69 Å². The molecule has 186 valence electrons. The van der Waals surface area contributed by atoms with Gasteiger partial charge in [-0.15, -0.1) is 5.10 Å². The van der Waals surface area contributed by atoms with Crippen LogP contribution in [-0.4, -0.2) is 72.3 Å². The number of piperidine rings is 1. The molecule has 1 saturated heterocycles. The zero-order chi connectivity index (χ0) is 25.4. The van der Waals surface area contributed by atoms with Crippen LogP contribution in [0, 0.1) is 0 Å². The van der Waals surface area contributed by atoms with Crippen LogP contribution in [0.4, 0.5) is 17.5 Å². The number of aromatic nitrogens is 6. The molecule has 3 heterocycles. The summed E-state index contributed by atoms with van der Waals surface area (Å²) in [6.07, 6.45) is 4.68. The third-order valence-corrected chi connectivity index (χ3v) is 6.70. The Labute approximate surface area is 204 Å². The predicted molar refractivity (Wildman–Crippen MR) is 132 cm³/mol. The van der Waals surface area contributed by atoms with Gasteiger partial charge in [0.2, 0.25) is 5.95 Å². The lowest BCUT2D eigenvalue weighted by Gasteiger charge is -2.53. The van der Waals surface area contributed by atoms with Crippen molar-refractivity contribution in [1.82, 2.24) is 35.1 Å². The number of carbonyl (C=O) groups excluding carboxylic acids is 1. The second-order valence-electron chi connectivity index (χ2n) is 10.1. The van der Waals surface area contributed by atoms with Crippen LogP contribution in [0.5, 0.6) is 5.75 Å². The maximum absolute atomic E-state index is 12.1. The van der Waals surface area contributed by atoms with Crippen LogP contribution < -0.4 is 21.1 Å². The Hall–Kier alpha value is -3.80. The first-order valence-corrected chi connectivity index (χ1v) is 11.4. The molecule has 0 atom stereocenters. The van der Waals surface area contributed by atoms with Gasteiger partial charge in [-0.25, -0.2) is 9.67 Å². The van der Waals surface area contributed by atoms with Crippen molar-refractivity contribution in [3.05, 3.63) is 36.3 Å². The lowest BCUT2D eigenvalue weighted by Crippen LogP contribution is -2.61. The van der Waals surface area contributed by atoms with E-state index in [4.69, 9.17) is 10.5 Å². The summed E-state index contributed by atoms with van der Waals surface area (Å²) in [5.74, 6) is 0.718. The first-order chi connectivity index (χ1) is 16.5. The monoisotopic (exact) mass is 480 g/mol. The number of hydrogen-bond donors (Lipinski definition) is 3. The number of hydrogen-bond acceptors (Lipinski definition) is 10. The molecule has 0 bridgehead atoms. The van der Waals surface area contributed by atoms with Crippen LogP contribution in [0.3, 0.4) is 0 Å². The summed E-state index contributed by atoms with van der Waals surface area (Å²) < 4.78 is 6.93. The van der Waals surface area contributed by atoms with Crippen LogP contribution in [0.15, 0.2) is 30.7 Å². The molecule has 2 aromatic heterocycles. The van der Waals surface area contributed by atoms with Gasteiger partial charge >= 0.3 is 0 Å². The minimum atomic E-state index is -0.590. The minimum absolute atomic E-state index is 0.0341. The van der Waals surface area contributed by atoms with E-state index in [2.05, 4.69) is 75.8 Å². The molecule has 0 radical (unpaired) electrons. The molecule has 1 aromatic carbocycles. The average molecular weight is 481 g/mol. The third kappa shape index (κ3) is 5.16. The Balaban J connectivity index is 1.63. The Morgan fingerprint density at radius 1 is 1.17 bits per heavy atom. The average Bonchev–Trinajstić information content (AvgIpc) is 3.32. The summed E-state index contributed by atoms with van der Waals surface area (Å²) in [5, 5.41) is 17.9. The highest BCUT2D eigenvalue weighted by atomic mass is 16.5. The van der Waals surface area contributed by atoms with Crippen molar-refractivity contribution in [3.8, 4) is 11.4 Å². The molecule has 1 amide bonds. The number of carbonyl (C=O) groups is 1. The summed E-state index contributed by atoms with van der Waals surface area (Å²) >= 11 is 0. The van der Waals surface area contributed by atoms with Crippen molar-refractivity contribution in [2.45, 2.75) is 57.7 Å². The topological polar surface area (TPSA) is 149 Å². The Bertz CT molecular complexity index is 1190. The van der Waals surface area contributed by atoms with E-state index in [1.807, 2.05) is 6.07 Å². The van der Waals surface area contributed by atoms with Crippen LogP contribution in [0.2, 0.25) is 0 Å². The molecule has 0 saturated carbocycles. The van der Waals surface area contributed by atoms with Crippen molar-refractivity contribution in [1.29, 1.82) is 0 Å². The van der Waals surface area contributed by atoms with Crippen LogP contribution >= 0.6 is 0 Å². The standard InChI is InChI=1S/C23H32N10O2/c1-22(2)10-15(11-23(3,4)32(22)5)27-20-18(19(24)34)12-25-21(29-20)28-14-7-16(9-17(8-14)35-6)33-13-26-30-31-33/h7-9,12-13,15H,10-11H2,1-6H3,(H2,24,34)(H2,25,27,28,29). The van der Waals surface area contributed by atoms with Gasteiger partial charge in [-0.1, -0.05) is 0 Å². The maximum Gasteiger partial charge on any atom is 0.254 e. The van der Waals surface area contributed by atoms with Gasteiger partial charge in [-0.05, 0) is 64.1 Å². The van der Waals surface area contributed by atoms with Gasteiger partial charge in [0.25, 0.3) is 5.91 Å². The van der Waals surface area contributed by atoms with E-state index >= 15 is 0 Å². The van der Waals surface area contributed by atoms with Crippen molar-refractivity contribution in [2.24, 2.45) is 5.73 Å². The second-order valence-corrected chi connectivity index (χ2v) is 10.1. The highest BCUT2D eigenvalue weighted by molar-refractivity contribution is 5.97. The summed E-state index contributed by atoms with van der Waals surface area (Å²) in [6.45, 7) is 8.87. The Morgan fingerprint density at radius 3 is 2.49 bits per heavy atom. The van der Waals surface area contributed by atoms with Gasteiger partial charge in [0.05, 0.1) is 18.4 Å². The third-order valence-electron chi connectivity index (χ3n) is 6.70. The fourth-order valence-corrected chi connectivity index (χ4v) is 4.71. The maximum atomic E-state index is 12.1. The van der Waals surface area contributed by atoms with Gasteiger partial charge in [0.1, 0.15) is 17.9 Å². The van der Waals surface area contributed by atoms with Gasteiger partial charge in [-0.2, -0.15) is 4.98 Å². The number of nitrogens with one attached hydrogen (secondary N) is 2. The minimum Gasteiger partial charge on any atom is -0.497 e. The number of likely N-dealkylation sites (tertiary alicyclic amines) is 1. The molecule has 4 N–H and O–H groups in total. The van der Waals surface area contributed by atoms with Crippen LogP contribution in [0.25, 0.3) is 5.69 Å². The molecule has 3 aromatic rings. The molecule has 0 aliphatic carbocycles. The van der Waals surface area contributed by atoms with Gasteiger partial charge in [0.15, 0.2) is 0 Å². The molecule has 35 heavy (non-hydrogen) atoms. The molecule has 0 unspecified atom stereocenters. The van der Waals surface area contributed by atoms with Crippen molar-refractivity contribution in [3.63, 3.8) is 0 Å². The molecule has 4 rings (SSSR count). The smallest absolute Gasteiger partial charge is 0.254 e. The number of amides is 1. The zero-order valence-corrected chi connectivity index (χ0v) is 20.9. The first kappa shape index (κ1) is 24.3. The number of nitrogens with zero attached hydrogens (tertiary/aromatic N) is 7. The predicted octanol–water partition coefficient (Wildman–Crippen LogP) is 2.37. The number of primary amides is 1. The van der Waals surface area contributed by atoms with E-state index in [1.54, 1.807) is 19.2 Å². The summed E-state index contributed by atoms with van der Waals surface area (Å²) in [6, 6.07) is 5.53. The molecular weight excluding hydrogens is 448 g/mol. The molecular formula is C23H32N10O2. The molecule has 1 fully saturated rings. The summed E-state index contributed by atoms with van der Waals surface area (Å²) in [5.41, 5.74) is 7.17. The van der Waals surface area contributed by atoms with E-state index in [-0.39, 0.29) is 22.7 Å². The molecule has 1 aliphatic rings. The number of nitrogens with two attached hydrogens (primary N) is 1. The van der Waals surface area contributed by atoms with E-state index in [0.29, 0.717) is 28.9 Å². The van der Waals surface area contributed by atoms with Gasteiger partial charge < -0.3 is 21.1 Å². The SMILES string of the molecule is COc1cc(Nc2ncc(C(N)=O)c(NC3CC(C)(C)N(C)C(C)(C)C3)n2)cc(-n2cnnn2)c1. The van der Waals surface area contributed by atoms with E-state index in [0.717, 1.165) is 12.8 Å². The van der Waals surface area contributed by atoms with Gasteiger partial charge in [0, 0.05) is 41.1 Å². The number of anilines is 3. The van der Waals surface area contributed by atoms with Crippen LogP contribution in [0.1, 0.15) is 50.9 Å². The first-order valence-electron chi connectivity index (χ1n) is 11.4. The van der Waals surface area contributed by atoms with E-state index < -0.39 is 5.91 Å². The van der Waals surface area contributed by atoms with E-state index in [1.165, 1.54) is 17.2 Å². The largest absolute Gasteiger partial charge is 0.497 e. The lowest BCUT2D eigenvalue weighted by molar-refractivity contribution is -0.00772.